The molecule has 27 heavy (non-hydrogen) atoms. The summed E-state index contributed by atoms with van der Waals surface area (Å²) in [5.41, 5.74) is -3.29. The average molecular weight is 383 g/mol. The summed E-state index contributed by atoms with van der Waals surface area (Å²) >= 11 is 0. The van der Waals surface area contributed by atoms with Crippen LogP contribution < -0.4 is 0 Å². The fraction of sp³-hybridized carbons (Fsp3) is 0.632. The molecule has 1 aromatic heterocycles. The summed E-state index contributed by atoms with van der Waals surface area (Å²) < 4.78 is 42.0. The van der Waals surface area contributed by atoms with E-state index in [-0.39, 0.29) is 34.0 Å². The number of carbonyl (C=O) groups excluding carboxylic acids is 1. The maximum absolute atomic E-state index is 14.0. The molecule has 1 N–H and O–H groups in total. The topological polar surface area (TPSA) is 65.8 Å². The first-order valence-corrected chi connectivity index (χ1v) is 9.13. The molecule has 1 aliphatic carbocycles. The highest BCUT2D eigenvalue weighted by atomic mass is 19.4. The molecular formula is C19H24F3N3O2. The highest BCUT2D eigenvalue weighted by Crippen LogP contribution is 2.52. The van der Waals surface area contributed by atoms with Crippen molar-refractivity contribution in [1.82, 2.24) is 9.99 Å². The molecule has 1 aromatic rings. The van der Waals surface area contributed by atoms with E-state index in [0.717, 1.165) is 6.42 Å². The molecular weight excluding hydrogens is 359 g/mol. The zero-order valence-corrected chi connectivity index (χ0v) is 15.6. The number of nitrogens with zero attached hydrogens (tertiary/aromatic N) is 3. The molecule has 5 nitrogen and oxygen atoms in total. The van der Waals surface area contributed by atoms with E-state index in [2.05, 4.69) is 10.1 Å². The smallest absolute Gasteiger partial charge is 0.362 e. The van der Waals surface area contributed by atoms with Gasteiger partial charge < -0.3 is 5.11 Å². The zero-order valence-electron chi connectivity index (χ0n) is 15.6. The number of rotatable bonds is 3. The van der Waals surface area contributed by atoms with Crippen molar-refractivity contribution in [2.45, 2.75) is 58.4 Å². The van der Waals surface area contributed by atoms with Crippen molar-refractivity contribution in [1.29, 1.82) is 0 Å². The van der Waals surface area contributed by atoms with Crippen LogP contribution in [0.25, 0.3) is 0 Å². The van der Waals surface area contributed by atoms with Gasteiger partial charge in [0.15, 0.2) is 0 Å². The molecule has 0 radical (unpaired) electrons. The first-order chi connectivity index (χ1) is 12.5. The van der Waals surface area contributed by atoms with E-state index in [1.807, 2.05) is 20.8 Å². The third-order valence-corrected chi connectivity index (χ3v) is 6.24. The molecule has 3 rings (SSSR count). The van der Waals surface area contributed by atoms with Crippen LogP contribution in [-0.4, -0.2) is 38.6 Å². The summed E-state index contributed by atoms with van der Waals surface area (Å²) in [5.74, 6) is -2.24. The van der Waals surface area contributed by atoms with Gasteiger partial charge in [-0.3, -0.25) is 9.78 Å². The SMILES string of the molecule is CCC(C)(C)[C@@H]1CCC2=NN(C(=O)c3cccnc3)[C@@](O)(C(F)(F)F)[C@H]2C1. The maximum atomic E-state index is 14.0. The molecule has 8 heteroatoms. The third-order valence-electron chi connectivity index (χ3n) is 6.24. The molecule has 0 unspecified atom stereocenters. The minimum atomic E-state index is -5.03. The van der Waals surface area contributed by atoms with Gasteiger partial charge in [0.2, 0.25) is 0 Å². The predicted octanol–water partition coefficient (Wildman–Crippen LogP) is 4.00. The van der Waals surface area contributed by atoms with Gasteiger partial charge in [0, 0.05) is 18.1 Å². The minimum Gasteiger partial charge on any atom is -0.362 e. The Bertz CT molecular complexity index is 748. The Morgan fingerprint density at radius 2 is 2.11 bits per heavy atom. The lowest BCUT2D eigenvalue weighted by atomic mass is 9.64. The number of pyridine rings is 1. The van der Waals surface area contributed by atoms with Crippen LogP contribution in [0.4, 0.5) is 13.2 Å². The highest BCUT2D eigenvalue weighted by Gasteiger charge is 2.69. The highest BCUT2D eigenvalue weighted by molar-refractivity contribution is 5.99. The van der Waals surface area contributed by atoms with Crippen molar-refractivity contribution in [3.8, 4) is 0 Å². The molecule has 0 aromatic carbocycles. The van der Waals surface area contributed by atoms with Gasteiger partial charge in [-0.2, -0.15) is 23.3 Å². The van der Waals surface area contributed by atoms with Crippen molar-refractivity contribution >= 4 is 11.6 Å². The van der Waals surface area contributed by atoms with Crippen LogP contribution >= 0.6 is 0 Å². The summed E-state index contributed by atoms with van der Waals surface area (Å²) in [7, 11) is 0. The Morgan fingerprint density at radius 1 is 1.41 bits per heavy atom. The number of hydrogen-bond donors (Lipinski definition) is 1. The number of fused-ring (bicyclic) bond motifs is 1. The lowest BCUT2D eigenvalue weighted by Gasteiger charge is -2.43. The number of alkyl halides is 3. The van der Waals surface area contributed by atoms with Gasteiger partial charge >= 0.3 is 6.18 Å². The first-order valence-electron chi connectivity index (χ1n) is 9.13. The van der Waals surface area contributed by atoms with Crippen molar-refractivity contribution in [3.05, 3.63) is 30.1 Å². The van der Waals surface area contributed by atoms with E-state index in [9.17, 15) is 23.1 Å². The maximum Gasteiger partial charge on any atom is 0.439 e. The number of hydrazone groups is 1. The van der Waals surface area contributed by atoms with E-state index < -0.39 is 23.7 Å². The van der Waals surface area contributed by atoms with Crippen LogP contribution in [0, 0.1) is 17.3 Å². The molecule has 148 valence electrons. The quantitative estimate of drug-likeness (QED) is 0.858. The van der Waals surface area contributed by atoms with Crippen LogP contribution in [0.3, 0.4) is 0 Å². The average Bonchev–Trinajstić information content (AvgIpc) is 2.95. The van der Waals surface area contributed by atoms with E-state index in [1.54, 1.807) is 0 Å². The minimum absolute atomic E-state index is 0.00812. The van der Waals surface area contributed by atoms with Crippen molar-refractivity contribution < 1.29 is 23.1 Å². The number of halogens is 3. The van der Waals surface area contributed by atoms with Crippen LogP contribution in [-0.2, 0) is 0 Å². The predicted molar refractivity (Wildman–Crippen MR) is 93.7 cm³/mol. The monoisotopic (exact) mass is 383 g/mol. The second-order valence-electron chi connectivity index (χ2n) is 8.04. The fourth-order valence-corrected chi connectivity index (χ4v) is 4.03. The summed E-state index contributed by atoms with van der Waals surface area (Å²) in [6.07, 6.45) is -0.442. The van der Waals surface area contributed by atoms with Crippen molar-refractivity contribution in [2.75, 3.05) is 0 Å². The molecule has 3 atom stereocenters. The summed E-state index contributed by atoms with van der Waals surface area (Å²) in [5, 5.41) is 15.0. The zero-order chi connectivity index (χ0) is 20.0. The van der Waals surface area contributed by atoms with Gasteiger partial charge in [0.1, 0.15) is 0 Å². The summed E-state index contributed by atoms with van der Waals surface area (Å²) in [6.45, 7) is 6.06. The Morgan fingerprint density at radius 3 is 2.67 bits per heavy atom. The van der Waals surface area contributed by atoms with Gasteiger partial charge in [-0.15, -0.1) is 0 Å². The molecule has 0 bridgehead atoms. The Kier molecular flexibility index (Phi) is 4.82. The molecule has 1 saturated carbocycles. The van der Waals surface area contributed by atoms with Crippen LogP contribution in [0.1, 0.15) is 56.8 Å². The molecule has 0 saturated heterocycles. The van der Waals surface area contributed by atoms with Crippen LogP contribution in [0.15, 0.2) is 29.6 Å². The lowest BCUT2D eigenvalue weighted by molar-refractivity contribution is -0.314. The summed E-state index contributed by atoms with van der Waals surface area (Å²) in [4.78, 5) is 16.5. The van der Waals surface area contributed by atoms with E-state index >= 15 is 0 Å². The Hall–Kier alpha value is -1.96. The van der Waals surface area contributed by atoms with E-state index in [1.165, 1.54) is 24.5 Å². The van der Waals surface area contributed by atoms with Crippen molar-refractivity contribution in [2.24, 2.45) is 22.4 Å². The number of hydrogen-bond acceptors (Lipinski definition) is 4. The third kappa shape index (κ3) is 3.13. The molecule has 1 aliphatic heterocycles. The number of aromatic nitrogens is 1. The fourth-order valence-electron chi connectivity index (χ4n) is 4.03. The van der Waals surface area contributed by atoms with E-state index in [4.69, 9.17) is 0 Å². The van der Waals surface area contributed by atoms with Gasteiger partial charge in [0.05, 0.1) is 11.5 Å². The molecule has 2 heterocycles. The standard InChI is InChI=1S/C19H24F3N3O2/c1-4-17(2,3)13-7-8-15-14(10-13)18(27,19(20,21)22)25(24-15)16(26)12-6-5-9-23-11-12/h5-6,9,11,13-14,27H,4,7-8,10H2,1-3H3/t13-,14+,18+/m1/s1. The van der Waals surface area contributed by atoms with E-state index in [0.29, 0.717) is 12.8 Å². The van der Waals surface area contributed by atoms with Crippen LogP contribution in [0.2, 0.25) is 0 Å². The molecule has 1 fully saturated rings. The van der Waals surface area contributed by atoms with Gasteiger partial charge in [-0.1, -0.05) is 27.2 Å². The number of aliphatic hydroxyl groups is 1. The molecule has 2 aliphatic rings. The number of carbonyl (C=O) groups is 1. The molecule has 0 spiro atoms. The van der Waals surface area contributed by atoms with Gasteiger partial charge in [0.25, 0.3) is 11.6 Å². The first kappa shape index (κ1) is 19.8. The Balaban J connectivity index is 2.00. The number of amides is 1. The summed E-state index contributed by atoms with van der Waals surface area (Å²) in [6, 6.07) is 2.81. The van der Waals surface area contributed by atoms with Gasteiger partial charge in [-0.25, -0.2) is 0 Å². The lowest BCUT2D eigenvalue weighted by Crippen LogP contribution is -2.62. The second kappa shape index (κ2) is 6.58. The largest absolute Gasteiger partial charge is 0.439 e. The Labute approximate surface area is 156 Å². The van der Waals surface area contributed by atoms with Crippen molar-refractivity contribution in [3.63, 3.8) is 0 Å². The molecule has 1 amide bonds. The second-order valence-corrected chi connectivity index (χ2v) is 8.04. The van der Waals surface area contributed by atoms with Crippen LogP contribution in [0.5, 0.6) is 0 Å². The normalized spacial score (nSPS) is 28.7. The van der Waals surface area contributed by atoms with Gasteiger partial charge in [-0.05, 0) is 42.7 Å².